The van der Waals surface area contributed by atoms with Gasteiger partial charge in [-0.1, -0.05) is 31.2 Å². The number of benzene rings is 1. The lowest BCUT2D eigenvalue weighted by molar-refractivity contribution is 0.139. The molecule has 0 saturated heterocycles. The molecule has 1 rings (SSSR count). The van der Waals surface area contributed by atoms with Crippen molar-refractivity contribution in [3.8, 4) is 5.75 Å². The van der Waals surface area contributed by atoms with Gasteiger partial charge in [-0.15, -0.1) is 0 Å². The second-order valence-electron chi connectivity index (χ2n) is 4.42. The van der Waals surface area contributed by atoms with E-state index in [0.717, 1.165) is 17.7 Å². The fourth-order valence-corrected chi connectivity index (χ4v) is 1.60. The Hall–Kier alpha value is -1.28. The summed E-state index contributed by atoms with van der Waals surface area (Å²) < 4.78 is 5.58. The van der Waals surface area contributed by atoms with Crippen LogP contribution in [0, 0.1) is 6.92 Å². The van der Waals surface area contributed by atoms with E-state index >= 15 is 0 Å². The fraction of sp³-hybridized carbons (Fsp3) is 0.467. The highest BCUT2D eigenvalue weighted by Gasteiger charge is 2.05. The van der Waals surface area contributed by atoms with Crippen molar-refractivity contribution in [2.45, 2.75) is 39.2 Å². The van der Waals surface area contributed by atoms with Gasteiger partial charge in [0.25, 0.3) is 0 Å². The molecule has 0 aliphatic rings. The Kier molecular flexibility index (Phi) is 5.78. The molecule has 0 fully saturated rings. The fourth-order valence-electron chi connectivity index (χ4n) is 1.60. The molecule has 1 aromatic rings. The van der Waals surface area contributed by atoms with E-state index in [1.807, 2.05) is 31.2 Å². The highest BCUT2D eigenvalue weighted by atomic mass is 16.5. The zero-order chi connectivity index (χ0) is 12.7. The van der Waals surface area contributed by atoms with Crippen LogP contribution in [-0.4, -0.2) is 17.8 Å². The molecule has 1 atom stereocenters. The normalized spacial score (nSPS) is 12.2. The van der Waals surface area contributed by atoms with Crippen LogP contribution in [0.1, 0.15) is 31.7 Å². The zero-order valence-electron chi connectivity index (χ0n) is 10.8. The third-order valence-corrected chi connectivity index (χ3v) is 2.73. The van der Waals surface area contributed by atoms with Gasteiger partial charge in [0.2, 0.25) is 0 Å². The molecular formula is C15H22O2. The highest BCUT2D eigenvalue weighted by Crippen LogP contribution is 2.14. The Morgan fingerprint density at radius 1 is 1.47 bits per heavy atom. The van der Waals surface area contributed by atoms with Crippen molar-refractivity contribution < 1.29 is 9.84 Å². The predicted molar refractivity (Wildman–Crippen MR) is 71.3 cm³/mol. The van der Waals surface area contributed by atoms with Crippen molar-refractivity contribution in [2.24, 2.45) is 0 Å². The molecule has 2 nitrogen and oxygen atoms in total. The summed E-state index contributed by atoms with van der Waals surface area (Å²) in [6.45, 7) is 8.52. The van der Waals surface area contributed by atoms with E-state index in [1.54, 1.807) is 0 Å². The number of aliphatic hydroxyl groups is 1. The van der Waals surface area contributed by atoms with Crippen molar-refractivity contribution >= 4 is 0 Å². The van der Waals surface area contributed by atoms with Crippen molar-refractivity contribution in [3.05, 3.63) is 42.0 Å². The van der Waals surface area contributed by atoms with Gasteiger partial charge in [-0.3, -0.25) is 0 Å². The predicted octanol–water partition coefficient (Wildman–Crippen LogP) is 3.48. The minimum Gasteiger partial charge on any atom is -0.493 e. The van der Waals surface area contributed by atoms with Crippen molar-refractivity contribution in [2.75, 3.05) is 6.61 Å². The molecule has 0 radical (unpaired) electrons. The van der Waals surface area contributed by atoms with Gasteiger partial charge in [-0.2, -0.15) is 0 Å². The summed E-state index contributed by atoms with van der Waals surface area (Å²) in [4.78, 5) is 0. The van der Waals surface area contributed by atoms with Crippen molar-refractivity contribution in [1.29, 1.82) is 0 Å². The molecule has 0 amide bonds. The first-order valence-electron chi connectivity index (χ1n) is 6.16. The summed E-state index contributed by atoms with van der Waals surface area (Å²) in [5, 5.41) is 9.74. The van der Waals surface area contributed by atoms with Gasteiger partial charge in [-0.25, -0.2) is 0 Å². The molecule has 0 saturated carbocycles. The molecule has 0 aliphatic heterocycles. The maximum atomic E-state index is 9.74. The lowest BCUT2D eigenvalue weighted by Gasteiger charge is -2.12. The molecule has 17 heavy (non-hydrogen) atoms. The van der Waals surface area contributed by atoms with Crippen LogP contribution < -0.4 is 4.74 Å². The first-order chi connectivity index (χ1) is 8.11. The first kappa shape index (κ1) is 13.8. The van der Waals surface area contributed by atoms with Crippen molar-refractivity contribution in [1.82, 2.24) is 0 Å². The lowest BCUT2D eigenvalue weighted by Crippen LogP contribution is -2.12. The van der Waals surface area contributed by atoms with Gasteiger partial charge < -0.3 is 9.84 Å². The molecule has 0 spiro atoms. The Morgan fingerprint density at radius 3 is 2.88 bits per heavy atom. The minimum atomic E-state index is -0.341. The Labute approximate surface area is 104 Å². The smallest absolute Gasteiger partial charge is 0.119 e. The summed E-state index contributed by atoms with van der Waals surface area (Å²) in [6.07, 6.45) is 1.91. The number of ether oxygens (including phenoxy) is 1. The van der Waals surface area contributed by atoms with E-state index in [0.29, 0.717) is 19.4 Å². The number of aliphatic hydroxyl groups excluding tert-OH is 1. The van der Waals surface area contributed by atoms with E-state index in [1.165, 1.54) is 5.56 Å². The Balaban J connectivity index is 2.25. The number of aryl methyl sites for hydroxylation is 1. The van der Waals surface area contributed by atoms with Crippen LogP contribution in [0.4, 0.5) is 0 Å². The third kappa shape index (κ3) is 5.55. The maximum absolute atomic E-state index is 9.74. The molecule has 0 aromatic heterocycles. The van der Waals surface area contributed by atoms with Gasteiger partial charge in [-0.05, 0) is 37.5 Å². The van der Waals surface area contributed by atoms with Crippen LogP contribution in [0.3, 0.4) is 0 Å². The molecular weight excluding hydrogens is 212 g/mol. The van der Waals surface area contributed by atoms with Gasteiger partial charge in [0.15, 0.2) is 0 Å². The molecule has 0 bridgehead atoms. The first-order valence-corrected chi connectivity index (χ1v) is 6.16. The summed E-state index contributed by atoms with van der Waals surface area (Å²) in [5.41, 5.74) is 2.27. The molecule has 1 aromatic carbocycles. The van der Waals surface area contributed by atoms with E-state index in [2.05, 4.69) is 13.5 Å². The maximum Gasteiger partial charge on any atom is 0.119 e. The number of hydrogen-bond acceptors (Lipinski definition) is 2. The molecule has 2 heteroatoms. The lowest BCUT2D eigenvalue weighted by atomic mass is 10.1. The van der Waals surface area contributed by atoms with Crippen LogP contribution in [-0.2, 0) is 0 Å². The van der Waals surface area contributed by atoms with E-state index in [9.17, 15) is 5.11 Å². The standard InChI is InChI=1S/C15H22O2/c1-4-12(2)10-14(16)8-9-17-15-7-5-6-13(3)11-15/h5-7,11,14,16H,2,4,8-10H2,1,3H3. The molecule has 94 valence electrons. The molecule has 0 heterocycles. The summed E-state index contributed by atoms with van der Waals surface area (Å²) in [7, 11) is 0. The van der Waals surface area contributed by atoms with Gasteiger partial charge in [0.1, 0.15) is 5.75 Å². The third-order valence-electron chi connectivity index (χ3n) is 2.73. The Morgan fingerprint density at radius 2 is 2.24 bits per heavy atom. The average molecular weight is 234 g/mol. The molecule has 1 unspecified atom stereocenters. The van der Waals surface area contributed by atoms with Crippen LogP contribution >= 0.6 is 0 Å². The van der Waals surface area contributed by atoms with E-state index in [-0.39, 0.29) is 6.10 Å². The Bertz CT molecular complexity index is 358. The van der Waals surface area contributed by atoms with Crippen LogP contribution in [0.2, 0.25) is 0 Å². The highest BCUT2D eigenvalue weighted by molar-refractivity contribution is 5.27. The van der Waals surface area contributed by atoms with Gasteiger partial charge >= 0.3 is 0 Å². The van der Waals surface area contributed by atoms with Crippen LogP contribution in [0.5, 0.6) is 5.75 Å². The van der Waals surface area contributed by atoms with Gasteiger partial charge in [0, 0.05) is 6.42 Å². The van der Waals surface area contributed by atoms with Gasteiger partial charge in [0.05, 0.1) is 12.7 Å². The van der Waals surface area contributed by atoms with Crippen LogP contribution in [0.15, 0.2) is 36.4 Å². The molecule has 0 aliphatic carbocycles. The summed E-state index contributed by atoms with van der Waals surface area (Å²) in [6, 6.07) is 7.94. The van der Waals surface area contributed by atoms with Crippen molar-refractivity contribution in [3.63, 3.8) is 0 Å². The summed E-state index contributed by atoms with van der Waals surface area (Å²) >= 11 is 0. The molecule has 1 N–H and O–H groups in total. The average Bonchev–Trinajstić information content (AvgIpc) is 2.29. The quantitative estimate of drug-likeness (QED) is 0.732. The number of hydrogen-bond donors (Lipinski definition) is 1. The largest absolute Gasteiger partial charge is 0.493 e. The van der Waals surface area contributed by atoms with E-state index < -0.39 is 0 Å². The minimum absolute atomic E-state index is 0.341. The summed E-state index contributed by atoms with van der Waals surface area (Å²) in [5.74, 6) is 0.867. The SMILES string of the molecule is C=C(CC)CC(O)CCOc1cccc(C)c1. The second kappa shape index (κ2) is 7.13. The second-order valence-corrected chi connectivity index (χ2v) is 4.42. The van der Waals surface area contributed by atoms with Crippen LogP contribution in [0.25, 0.3) is 0 Å². The number of rotatable bonds is 7. The topological polar surface area (TPSA) is 29.5 Å². The monoisotopic (exact) mass is 234 g/mol. The van der Waals surface area contributed by atoms with E-state index in [4.69, 9.17) is 4.74 Å². The zero-order valence-corrected chi connectivity index (χ0v) is 10.8.